The number of aryl methyl sites for hydroxylation is 1. The summed E-state index contributed by atoms with van der Waals surface area (Å²) in [6.45, 7) is 3.67. The van der Waals surface area contributed by atoms with E-state index < -0.39 is 10.0 Å². The molecule has 6 nitrogen and oxygen atoms in total. The van der Waals surface area contributed by atoms with Crippen molar-refractivity contribution in [3.63, 3.8) is 0 Å². The van der Waals surface area contributed by atoms with Gasteiger partial charge in [0.25, 0.3) is 10.0 Å². The molecular weight excluding hydrogens is 284 g/mol. The van der Waals surface area contributed by atoms with Crippen molar-refractivity contribution in [1.82, 2.24) is 14.9 Å². The van der Waals surface area contributed by atoms with Crippen LogP contribution in [0.25, 0.3) is 0 Å². The van der Waals surface area contributed by atoms with Gasteiger partial charge in [0, 0.05) is 22.7 Å². The van der Waals surface area contributed by atoms with Crippen molar-refractivity contribution in [3.8, 4) is 0 Å². The van der Waals surface area contributed by atoms with Gasteiger partial charge in [0.1, 0.15) is 0 Å². The standard InChI is InChI=1S/C11H16N4O2S2/c1-7-9(6-12)11(14-13-7)19(16,17)15-8(2)10-4-3-5-18-10/h3-5,8,15H,6,12H2,1-2H3,(H,13,14). The van der Waals surface area contributed by atoms with E-state index in [1.165, 1.54) is 11.3 Å². The molecule has 0 aromatic carbocycles. The lowest BCUT2D eigenvalue weighted by Crippen LogP contribution is -2.27. The summed E-state index contributed by atoms with van der Waals surface area (Å²) in [4.78, 5) is 0.949. The molecule has 0 aliphatic carbocycles. The molecule has 104 valence electrons. The Morgan fingerprint density at radius 1 is 1.58 bits per heavy atom. The van der Waals surface area contributed by atoms with Gasteiger partial charge in [-0.1, -0.05) is 6.07 Å². The van der Waals surface area contributed by atoms with Crippen molar-refractivity contribution in [3.05, 3.63) is 33.6 Å². The monoisotopic (exact) mass is 300 g/mol. The lowest BCUT2D eigenvalue weighted by atomic mass is 10.3. The van der Waals surface area contributed by atoms with E-state index in [1.807, 2.05) is 17.5 Å². The molecular formula is C11H16N4O2S2. The van der Waals surface area contributed by atoms with Crippen LogP contribution in [0.1, 0.15) is 29.1 Å². The van der Waals surface area contributed by atoms with E-state index in [1.54, 1.807) is 13.8 Å². The summed E-state index contributed by atoms with van der Waals surface area (Å²) >= 11 is 1.50. The quantitative estimate of drug-likeness (QED) is 0.774. The fourth-order valence-corrected chi connectivity index (χ4v) is 4.02. The molecule has 0 saturated heterocycles. The second-order valence-electron chi connectivity index (χ2n) is 4.19. The van der Waals surface area contributed by atoms with E-state index in [0.29, 0.717) is 11.3 Å². The molecule has 0 aliphatic heterocycles. The minimum absolute atomic E-state index is 0.0177. The maximum atomic E-state index is 12.3. The third-order valence-corrected chi connectivity index (χ3v) is 5.36. The number of nitrogens with zero attached hydrogens (tertiary/aromatic N) is 1. The summed E-state index contributed by atoms with van der Waals surface area (Å²) in [5, 5.41) is 8.39. The molecule has 2 rings (SSSR count). The number of thiophene rings is 1. The first-order valence-corrected chi connectivity index (χ1v) is 8.11. The van der Waals surface area contributed by atoms with Crippen LogP contribution in [0.2, 0.25) is 0 Å². The fourth-order valence-electron chi connectivity index (χ4n) is 1.78. The number of nitrogens with two attached hydrogens (primary N) is 1. The average molecular weight is 300 g/mol. The van der Waals surface area contributed by atoms with Gasteiger partial charge in [0.15, 0.2) is 5.03 Å². The highest BCUT2D eigenvalue weighted by Gasteiger charge is 2.25. The van der Waals surface area contributed by atoms with Gasteiger partial charge in [-0.05, 0) is 25.3 Å². The Bertz CT molecular complexity index is 646. The molecule has 0 spiro atoms. The molecule has 2 aromatic heterocycles. The lowest BCUT2D eigenvalue weighted by Gasteiger charge is -2.12. The second kappa shape index (κ2) is 5.41. The molecule has 0 bridgehead atoms. The summed E-state index contributed by atoms with van der Waals surface area (Å²) in [7, 11) is -3.67. The Morgan fingerprint density at radius 2 is 2.32 bits per heavy atom. The van der Waals surface area contributed by atoms with E-state index in [4.69, 9.17) is 5.73 Å². The summed E-state index contributed by atoms with van der Waals surface area (Å²) in [6.07, 6.45) is 0. The van der Waals surface area contributed by atoms with Gasteiger partial charge in [-0.25, -0.2) is 13.1 Å². The summed E-state index contributed by atoms with van der Waals surface area (Å²) in [6, 6.07) is 3.47. The minimum Gasteiger partial charge on any atom is -0.326 e. The molecule has 2 heterocycles. The van der Waals surface area contributed by atoms with Crippen LogP contribution < -0.4 is 10.5 Å². The fraction of sp³-hybridized carbons (Fsp3) is 0.364. The molecule has 0 fully saturated rings. The van der Waals surface area contributed by atoms with Gasteiger partial charge in [-0.15, -0.1) is 11.3 Å². The highest BCUT2D eigenvalue weighted by atomic mass is 32.2. The molecule has 2 aromatic rings. The number of sulfonamides is 1. The number of aromatic nitrogens is 2. The zero-order valence-electron chi connectivity index (χ0n) is 10.7. The second-order valence-corrected chi connectivity index (χ2v) is 6.80. The predicted octanol–water partition coefficient (Wildman–Crippen LogP) is 1.28. The van der Waals surface area contributed by atoms with Crippen LogP contribution in [0.5, 0.6) is 0 Å². The Labute approximate surface area is 116 Å². The summed E-state index contributed by atoms with van der Waals surface area (Å²) in [5.74, 6) is 0. The van der Waals surface area contributed by atoms with Gasteiger partial charge in [0.05, 0.1) is 6.04 Å². The Balaban J connectivity index is 2.28. The van der Waals surface area contributed by atoms with E-state index in [0.717, 1.165) is 4.88 Å². The maximum Gasteiger partial charge on any atom is 0.260 e. The highest BCUT2D eigenvalue weighted by Crippen LogP contribution is 2.22. The van der Waals surface area contributed by atoms with Crippen molar-refractivity contribution in [1.29, 1.82) is 0 Å². The Kier molecular flexibility index (Phi) is 4.04. The largest absolute Gasteiger partial charge is 0.326 e. The van der Waals surface area contributed by atoms with Gasteiger partial charge in [-0.3, -0.25) is 5.10 Å². The SMILES string of the molecule is Cc1[nH]nc(S(=O)(=O)NC(C)c2cccs2)c1CN. The molecule has 1 unspecified atom stereocenters. The lowest BCUT2D eigenvalue weighted by molar-refractivity contribution is 0.563. The molecule has 4 N–H and O–H groups in total. The Morgan fingerprint density at radius 3 is 2.89 bits per heavy atom. The van der Waals surface area contributed by atoms with E-state index in [9.17, 15) is 8.42 Å². The number of hydrogen-bond acceptors (Lipinski definition) is 5. The van der Waals surface area contributed by atoms with E-state index in [2.05, 4.69) is 14.9 Å². The number of nitrogens with one attached hydrogen (secondary N) is 2. The van der Waals surface area contributed by atoms with Crippen LogP contribution in [-0.4, -0.2) is 18.6 Å². The van der Waals surface area contributed by atoms with Crippen molar-refractivity contribution < 1.29 is 8.42 Å². The van der Waals surface area contributed by atoms with Gasteiger partial charge >= 0.3 is 0 Å². The van der Waals surface area contributed by atoms with Crippen LogP contribution >= 0.6 is 11.3 Å². The van der Waals surface area contributed by atoms with Gasteiger partial charge in [0.2, 0.25) is 0 Å². The van der Waals surface area contributed by atoms with E-state index >= 15 is 0 Å². The first-order chi connectivity index (χ1) is 8.95. The number of aromatic amines is 1. The molecule has 0 radical (unpaired) electrons. The molecule has 0 saturated carbocycles. The first-order valence-electron chi connectivity index (χ1n) is 5.75. The number of H-pyrrole nitrogens is 1. The number of rotatable bonds is 5. The van der Waals surface area contributed by atoms with Crippen molar-refractivity contribution in [2.45, 2.75) is 31.5 Å². The van der Waals surface area contributed by atoms with Crippen LogP contribution in [-0.2, 0) is 16.6 Å². The Hall–Kier alpha value is -1.22. The van der Waals surface area contributed by atoms with Crippen LogP contribution in [0.15, 0.2) is 22.5 Å². The average Bonchev–Trinajstić information content (AvgIpc) is 2.96. The van der Waals surface area contributed by atoms with Crippen molar-refractivity contribution in [2.24, 2.45) is 5.73 Å². The minimum atomic E-state index is -3.67. The zero-order chi connectivity index (χ0) is 14.0. The predicted molar refractivity (Wildman–Crippen MR) is 74.3 cm³/mol. The first kappa shape index (κ1) is 14.2. The topological polar surface area (TPSA) is 101 Å². The zero-order valence-corrected chi connectivity index (χ0v) is 12.3. The normalized spacial score (nSPS) is 13.6. The van der Waals surface area contributed by atoms with Crippen LogP contribution in [0, 0.1) is 6.92 Å². The van der Waals surface area contributed by atoms with Crippen molar-refractivity contribution in [2.75, 3.05) is 0 Å². The molecule has 19 heavy (non-hydrogen) atoms. The highest BCUT2D eigenvalue weighted by molar-refractivity contribution is 7.89. The molecule has 8 heteroatoms. The molecule has 0 aliphatic rings. The third-order valence-electron chi connectivity index (χ3n) is 2.80. The maximum absolute atomic E-state index is 12.3. The number of hydrogen-bond donors (Lipinski definition) is 3. The van der Waals surface area contributed by atoms with Crippen molar-refractivity contribution >= 4 is 21.4 Å². The third kappa shape index (κ3) is 2.86. The van der Waals surface area contributed by atoms with E-state index in [-0.39, 0.29) is 17.6 Å². The summed E-state index contributed by atoms with van der Waals surface area (Å²) < 4.78 is 27.2. The van der Waals surface area contributed by atoms with Gasteiger partial charge < -0.3 is 5.73 Å². The molecule has 0 amide bonds. The van der Waals surface area contributed by atoms with Crippen LogP contribution in [0.4, 0.5) is 0 Å². The smallest absolute Gasteiger partial charge is 0.260 e. The molecule has 1 atom stereocenters. The summed E-state index contributed by atoms with van der Waals surface area (Å²) in [5.41, 5.74) is 6.76. The van der Waals surface area contributed by atoms with Gasteiger partial charge in [-0.2, -0.15) is 5.10 Å². The van der Waals surface area contributed by atoms with Crippen LogP contribution in [0.3, 0.4) is 0 Å².